The number of amides is 1. The molecule has 4 rings (SSSR count). The molecule has 0 aliphatic carbocycles. The third-order valence-corrected chi connectivity index (χ3v) is 7.67. The number of hydrogen-bond donors (Lipinski definition) is 3. The molecule has 44 heavy (non-hydrogen) atoms. The van der Waals surface area contributed by atoms with Gasteiger partial charge < -0.3 is 15.7 Å². The lowest BCUT2D eigenvalue weighted by Gasteiger charge is -2.26. The van der Waals surface area contributed by atoms with Crippen molar-refractivity contribution in [1.82, 2.24) is 15.6 Å². The average molecular weight is 649 g/mol. The molecule has 0 radical (unpaired) electrons. The molecule has 13 heteroatoms. The summed E-state index contributed by atoms with van der Waals surface area (Å²) < 4.78 is 65.6. The Labute approximate surface area is 260 Å². The van der Waals surface area contributed by atoms with Gasteiger partial charge in [-0.3, -0.25) is 9.78 Å². The molecular formula is C31H32ClF3N4O4S. The zero-order valence-electron chi connectivity index (χ0n) is 23.6. The second kappa shape index (κ2) is 15.2. The molecule has 0 saturated heterocycles. The van der Waals surface area contributed by atoms with Crippen LogP contribution in [-0.2, 0) is 29.2 Å². The minimum Gasteiger partial charge on any atom is -0.390 e. The molecule has 0 aliphatic rings. The third kappa shape index (κ3) is 9.52. The van der Waals surface area contributed by atoms with E-state index in [1.165, 1.54) is 42.7 Å². The number of alkyl halides is 3. The van der Waals surface area contributed by atoms with Gasteiger partial charge in [0.2, 0.25) is 10.0 Å². The summed E-state index contributed by atoms with van der Waals surface area (Å²) in [6, 6.07) is 22.5. The van der Waals surface area contributed by atoms with Gasteiger partial charge in [-0.1, -0.05) is 54.6 Å². The number of nitrogens with zero attached hydrogens (tertiary/aromatic N) is 2. The number of pyridine rings is 1. The molecule has 1 heterocycles. The second-order valence-electron chi connectivity index (χ2n) is 9.95. The van der Waals surface area contributed by atoms with Crippen molar-refractivity contribution in [3.63, 3.8) is 0 Å². The first-order chi connectivity index (χ1) is 20.4. The molecule has 8 nitrogen and oxygen atoms in total. The van der Waals surface area contributed by atoms with E-state index in [4.69, 9.17) is 0 Å². The molecule has 4 aromatic rings. The summed E-state index contributed by atoms with van der Waals surface area (Å²) in [7, 11) is -3.77. The van der Waals surface area contributed by atoms with Gasteiger partial charge in [0.05, 0.1) is 35.3 Å². The quantitative estimate of drug-likeness (QED) is 0.197. The summed E-state index contributed by atoms with van der Waals surface area (Å²) in [6.07, 6.45) is -1.33. The summed E-state index contributed by atoms with van der Waals surface area (Å²) in [5.41, 5.74) is 1.24. The number of carbonyl (C=O) groups is 1. The van der Waals surface area contributed by atoms with Crippen LogP contribution >= 0.6 is 12.4 Å². The van der Waals surface area contributed by atoms with E-state index in [0.717, 1.165) is 28.3 Å². The number of hydrogen-bond acceptors (Lipinski definition) is 6. The first kappa shape index (κ1) is 34.5. The summed E-state index contributed by atoms with van der Waals surface area (Å²) in [5.74, 6) is -0.539. The molecule has 0 unspecified atom stereocenters. The van der Waals surface area contributed by atoms with E-state index in [1.54, 1.807) is 18.2 Å². The molecule has 0 fully saturated rings. The van der Waals surface area contributed by atoms with Gasteiger partial charge in [-0.2, -0.15) is 13.2 Å². The Hall–Kier alpha value is -3.97. The van der Waals surface area contributed by atoms with E-state index in [0.29, 0.717) is 11.3 Å². The van der Waals surface area contributed by atoms with Crippen LogP contribution in [0.2, 0.25) is 0 Å². The van der Waals surface area contributed by atoms with Crippen LogP contribution < -0.4 is 14.9 Å². The van der Waals surface area contributed by atoms with E-state index < -0.39 is 39.8 Å². The van der Waals surface area contributed by atoms with E-state index >= 15 is 0 Å². The Morgan fingerprint density at radius 2 is 1.57 bits per heavy atom. The van der Waals surface area contributed by atoms with Crippen molar-refractivity contribution in [2.45, 2.75) is 31.3 Å². The van der Waals surface area contributed by atoms with Crippen molar-refractivity contribution >= 4 is 39.7 Å². The number of halogens is 4. The fourth-order valence-electron chi connectivity index (χ4n) is 4.55. The largest absolute Gasteiger partial charge is 0.416 e. The first-order valence-corrected chi connectivity index (χ1v) is 15.2. The molecule has 1 amide bonds. The van der Waals surface area contributed by atoms with Crippen LogP contribution in [0.5, 0.6) is 0 Å². The Morgan fingerprint density at radius 3 is 2.23 bits per heavy atom. The summed E-state index contributed by atoms with van der Waals surface area (Å²) >= 11 is 0. The van der Waals surface area contributed by atoms with E-state index in [1.807, 2.05) is 30.3 Å². The maximum absolute atomic E-state index is 13.4. The SMILES string of the molecule is CS(=O)(=O)N(c1ccncc1)c1cccc(C(=O)N[C@@H](Cc2ccccc2)[C@H](O)CNCc2cccc(C(F)(F)F)c2)c1.Cl. The topological polar surface area (TPSA) is 112 Å². The minimum absolute atomic E-state index is 0. The fraction of sp³-hybridized carbons (Fsp3) is 0.226. The Kier molecular flexibility index (Phi) is 11.9. The van der Waals surface area contributed by atoms with Crippen molar-refractivity contribution in [3.8, 4) is 0 Å². The predicted octanol–water partition coefficient (Wildman–Crippen LogP) is 5.11. The van der Waals surface area contributed by atoms with Crippen LogP contribution in [-0.4, -0.2) is 49.4 Å². The summed E-state index contributed by atoms with van der Waals surface area (Å²) in [4.78, 5) is 17.3. The number of sulfonamides is 1. The highest BCUT2D eigenvalue weighted by molar-refractivity contribution is 7.92. The van der Waals surface area contributed by atoms with E-state index in [9.17, 15) is 31.5 Å². The standard InChI is InChI=1S/C31H31F3N4O4S.ClH/c1-43(41,42)38(26-13-15-35-16-14-26)27-12-6-10-24(19-27)30(40)37-28(18-22-7-3-2-4-8-22)29(39)21-36-20-23-9-5-11-25(17-23)31(32,33)34;/h2-17,19,28-29,36,39H,18,20-21H2,1H3,(H,37,40);1H/t28-,29+;/m0./s1. The average Bonchev–Trinajstić information content (AvgIpc) is 2.97. The van der Waals surface area contributed by atoms with Gasteiger partial charge in [-0.25, -0.2) is 12.7 Å². The smallest absolute Gasteiger partial charge is 0.390 e. The molecule has 0 spiro atoms. The number of aliphatic hydroxyl groups is 1. The van der Waals surface area contributed by atoms with E-state index in [-0.39, 0.29) is 43.2 Å². The van der Waals surface area contributed by atoms with Gasteiger partial charge in [0, 0.05) is 31.0 Å². The van der Waals surface area contributed by atoms with Crippen molar-refractivity contribution in [1.29, 1.82) is 0 Å². The van der Waals surface area contributed by atoms with Crippen molar-refractivity contribution < 1.29 is 31.5 Å². The number of aromatic nitrogens is 1. The van der Waals surface area contributed by atoms with Crippen LogP contribution in [0, 0.1) is 0 Å². The monoisotopic (exact) mass is 648 g/mol. The Bertz CT molecular complexity index is 1630. The first-order valence-electron chi connectivity index (χ1n) is 13.3. The van der Waals surface area contributed by atoms with E-state index in [2.05, 4.69) is 15.6 Å². The highest BCUT2D eigenvalue weighted by Crippen LogP contribution is 2.30. The maximum Gasteiger partial charge on any atom is 0.416 e. The zero-order chi connectivity index (χ0) is 31.0. The van der Waals surface area contributed by atoms with Gasteiger partial charge in [0.1, 0.15) is 0 Å². The fourth-order valence-corrected chi connectivity index (χ4v) is 5.55. The van der Waals surface area contributed by atoms with Crippen molar-refractivity contribution in [3.05, 3.63) is 126 Å². The zero-order valence-corrected chi connectivity index (χ0v) is 25.2. The van der Waals surface area contributed by atoms with Crippen LogP contribution in [0.1, 0.15) is 27.0 Å². The second-order valence-corrected chi connectivity index (χ2v) is 11.8. The number of benzene rings is 3. The lowest BCUT2D eigenvalue weighted by Crippen LogP contribution is -2.48. The number of aliphatic hydroxyl groups excluding tert-OH is 1. The molecule has 234 valence electrons. The summed E-state index contributed by atoms with van der Waals surface area (Å²) in [5, 5.41) is 16.9. The van der Waals surface area contributed by atoms with Gasteiger partial charge in [-0.15, -0.1) is 12.4 Å². The molecule has 1 aromatic heterocycles. The highest BCUT2D eigenvalue weighted by Gasteiger charge is 2.30. The number of carbonyl (C=O) groups excluding carboxylic acids is 1. The molecule has 2 atom stereocenters. The lowest BCUT2D eigenvalue weighted by molar-refractivity contribution is -0.137. The molecule has 3 aromatic carbocycles. The van der Waals surface area contributed by atoms with Crippen LogP contribution in [0.3, 0.4) is 0 Å². The van der Waals surface area contributed by atoms with Crippen LogP contribution in [0.4, 0.5) is 24.5 Å². The number of anilines is 2. The maximum atomic E-state index is 13.4. The molecule has 0 aliphatic heterocycles. The van der Waals surface area contributed by atoms with Gasteiger partial charge in [0.15, 0.2) is 0 Å². The molecule has 0 saturated carbocycles. The number of nitrogens with one attached hydrogen (secondary N) is 2. The number of rotatable bonds is 12. The van der Waals surface area contributed by atoms with Gasteiger partial charge >= 0.3 is 6.18 Å². The lowest BCUT2D eigenvalue weighted by atomic mass is 10.00. The van der Waals surface area contributed by atoms with Gasteiger partial charge in [-0.05, 0) is 53.9 Å². The van der Waals surface area contributed by atoms with Gasteiger partial charge in [0.25, 0.3) is 5.91 Å². The Morgan fingerprint density at radius 1 is 0.909 bits per heavy atom. The van der Waals surface area contributed by atoms with Crippen LogP contribution in [0.15, 0.2) is 103 Å². The van der Waals surface area contributed by atoms with Crippen molar-refractivity contribution in [2.75, 3.05) is 17.1 Å². The molecule has 3 N–H and O–H groups in total. The van der Waals surface area contributed by atoms with Crippen molar-refractivity contribution in [2.24, 2.45) is 0 Å². The summed E-state index contributed by atoms with van der Waals surface area (Å²) in [6.45, 7) is 0.0589. The minimum atomic E-state index is -4.46. The van der Waals surface area contributed by atoms with Crippen LogP contribution in [0.25, 0.3) is 0 Å². The normalized spacial score (nSPS) is 12.9. The predicted molar refractivity (Wildman–Crippen MR) is 165 cm³/mol. The molecular weight excluding hydrogens is 617 g/mol. The molecule has 0 bridgehead atoms. The Balaban J connectivity index is 0.00000529. The highest BCUT2D eigenvalue weighted by atomic mass is 35.5. The third-order valence-electron chi connectivity index (χ3n) is 6.59.